The van der Waals surface area contributed by atoms with Gasteiger partial charge in [-0.3, -0.25) is 4.79 Å². The van der Waals surface area contributed by atoms with Crippen molar-refractivity contribution in [2.24, 2.45) is 28.8 Å². The van der Waals surface area contributed by atoms with E-state index >= 15 is 0 Å². The topological polar surface area (TPSA) is 179 Å². The zero-order chi connectivity index (χ0) is 31.6. The number of hydrogen-bond donors (Lipinski definition) is 5. The van der Waals surface area contributed by atoms with Crippen molar-refractivity contribution in [2.75, 3.05) is 14.1 Å². The second-order valence-corrected chi connectivity index (χ2v) is 13.3. The zero-order valence-corrected chi connectivity index (χ0v) is 26.3. The molecule has 2 saturated heterocycles. The zero-order valence-electron chi connectivity index (χ0n) is 26.3. The van der Waals surface area contributed by atoms with E-state index < -0.39 is 83.7 Å². The monoisotopic (exact) mass is 590 g/mol. The highest BCUT2D eigenvalue weighted by Crippen LogP contribution is 2.39. The molecule has 2 aliphatic rings. The van der Waals surface area contributed by atoms with E-state index in [1.165, 1.54) is 20.8 Å². The molecule has 2 unspecified atom stereocenters. The summed E-state index contributed by atoms with van der Waals surface area (Å²) in [6.07, 6.45) is -6.97. The minimum atomic E-state index is -1.92. The van der Waals surface area contributed by atoms with Gasteiger partial charge in [0.1, 0.15) is 17.8 Å². The Morgan fingerprint density at radius 3 is 2.12 bits per heavy atom. The molecule has 5 N–H and O–H groups in total. The number of aliphatic hydroxyl groups excluding tert-OH is 3. The summed E-state index contributed by atoms with van der Waals surface area (Å²) in [7, 11) is 3.68. The first-order valence-corrected chi connectivity index (χ1v) is 14.8. The standard InChI is InChI=1S/C29H54N2O10/c1-11-20-29(8,37)24(34)16(4)21(30-38)14(2)13-28(7,36)25(17(5)22(32)18(6)26(35)40-20)41-27-23(33)19(31(9)10)12-15(3)39-27/h14-25,27,32-34,36-37H,11-13H2,1-10H3/t14-,15-,16+,17+,18-,19+,20-,21?,22+,23-,24-,25-,27+,28?,29-/m1/s1. The predicted octanol–water partition coefficient (Wildman–Crippen LogP) is 1.43. The molecule has 0 aromatic carbocycles. The van der Waals surface area contributed by atoms with Crippen molar-refractivity contribution in [2.45, 2.75) is 141 Å². The molecule has 15 atom stereocenters. The highest BCUT2D eigenvalue weighted by Gasteiger charge is 2.51. The number of rotatable bonds is 5. The van der Waals surface area contributed by atoms with Gasteiger partial charge in [-0.25, -0.2) is 0 Å². The number of cyclic esters (lactones) is 1. The third kappa shape index (κ3) is 7.83. The van der Waals surface area contributed by atoms with E-state index in [-0.39, 0.29) is 25.0 Å². The Kier molecular flexibility index (Phi) is 12.3. The van der Waals surface area contributed by atoms with Gasteiger partial charge in [0.25, 0.3) is 0 Å². The molecule has 2 heterocycles. The van der Waals surface area contributed by atoms with Crippen LogP contribution in [0.25, 0.3) is 0 Å². The molecule has 0 aromatic heterocycles. The van der Waals surface area contributed by atoms with Crippen molar-refractivity contribution >= 4 is 5.97 Å². The number of nitrogens with zero attached hydrogens (tertiary/aromatic N) is 2. The van der Waals surface area contributed by atoms with Gasteiger partial charge in [0, 0.05) is 17.9 Å². The molecule has 2 rings (SSSR count). The normalized spacial score (nSPS) is 49.3. The molecular formula is C29H54N2O10. The van der Waals surface area contributed by atoms with Crippen LogP contribution in [0.1, 0.15) is 74.7 Å². The highest BCUT2D eigenvalue weighted by molar-refractivity contribution is 5.73. The second-order valence-electron chi connectivity index (χ2n) is 13.3. The van der Waals surface area contributed by atoms with E-state index in [4.69, 9.17) is 14.2 Å². The van der Waals surface area contributed by atoms with Gasteiger partial charge in [-0.1, -0.05) is 32.9 Å². The Morgan fingerprint density at radius 2 is 1.61 bits per heavy atom. The summed E-state index contributed by atoms with van der Waals surface area (Å²) >= 11 is 0. The first-order chi connectivity index (χ1) is 18.8. The molecule has 0 saturated carbocycles. The van der Waals surface area contributed by atoms with Gasteiger partial charge in [-0.15, -0.1) is 0 Å². The molecule has 41 heavy (non-hydrogen) atoms. The van der Waals surface area contributed by atoms with Crippen LogP contribution in [0.3, 0.4) is 0 Å². The summed E-state index contributed by atoms with van der Waals surface area (Å²) in [6, 6.07) is -1.32. The predicted molar refractivity (Wildman–Crippen MR) is 152 cm³/mol. The summed E-state index contributed by atoms with van der Waals surface area (Å²) < 4.78 is 17.9. The Hall–Kier alpha value is -1.25. The number of aliphatic hydroxyl groups is 5. The van der Waals surface area contributed by atoms with Crippen molar-refractivity contribution in [3.63, 3.8) is 0 Å². The molecule has 0 aliphatic carbocycles. The van der Waals surface area contributed by atoms with Crippen LogP contribution in [0.4, 0.5) is 0 Å². The molecular weight excluding hydrogens is 536 g/mol. The van der Waals surface area contributed by atoms with Crippen molar-refractivity contribution in [1.82, 2.24) is 4.90 Å². The molecule has 0 aromatic rings. The number of nitroso groups, excluding NO2 is 1. The van der Waals surface area contributed by atoms with Crippen LogP contribution in [0.2, 0.25) is 0 Å². The average Bonchev–Trinajstić information content (AvgIpc) is 2.88. The van der Waals surface area contributed by atoms with E-state index in [0.717, 1.165) is 0 Å². The lowest BCUT2D eigenvalue weighted by molar-refractivity contribution is -0.299. The van der Waals surface area contributed by atoms with Gasteiger partial charge in [-0.2, -0.15) is 4.91 Å². The molecule has 0 radical (unpaired) electrons. The van der Waals surface area contributed by atoms with E-state index in [9.17, 15) is 35.2 Å². The van der Waals surface area contributed by atoms with Gasteiger partial charge in [-0.05, 0) is 67.0 Å². The fourth-order valence-corrected chi connectivity index (χ4v) is 6.79. The minimum Gasteiger partial charge on any atom is -0.459 e. The summed E-state index contributed by atoms with van der Waals surface area (Å²) in [6.45, 7) is 12.8. The van der Waals surface area contributed by atoms with Crippen LogP contribution < -0.4 is 0 Å². The van der Waals surface area contributed by atoms with Crippen LogP contribution in [0.15, 0.2) is 5.18 Å². The number of carbonyl (C=O) groups excluding carboxylic acids is 1. The van der Waals surface area contributed by atoms with Crippen molar-refractivity contribution < 1.29 is 44.5 Å². The SMILES string of the molecule is CC[C@H]1OC(=O)[C@H](C)[C@@H](O)[C@H](C)[C@@H](O[C@@H]2O[C@H](C)C[C@H](N(C)C)[C@H]2O)C(C)(O)C[C@@H](C)C(N=O)[C@H](C)[C@@H](O)[C@]1(C)O. The van der Waals surface area contributed by atoms with E-state index in [2.05, 4.69) is 5.18 Å². The van der Waals surface area contributed by atoms with E-state index in [1.807, 2.05) is 25.9 Å². The van der Waals surface area contributed by atoms with Gasteiger partial charge in [0.15, 0.2) is 6.29 Å². The maximum Gasteiger partial charge on any atom is 0.311 e. The fraction of sp³-hybridized carbons (Fsp3) is 0.966. The number of esters is 1. The van der Waals surface area contributed by atoms with Gasteiger partial charge < -0.3 is 44.6 Å². The molecule has 0 spiro atoms. The van der Waals surface area contributed by atoms with Crippen LogP contribution in [0, 0.1) is 28.6 Å². The molecule has 12 heteroatoms. The van der Waals surface area contributed by atoms with Crippen LogP contribution in [-0.2, 0) is 19.0 Å². The molecule has 0 bridgehead atoms. The Labute approximate surface area is 244 Å². The second kappa shape index (κ2) is 14.0. The van der Waals surface area contributed by atoms with Crippen molar-refractivity contribution in [3.8, 4) is 0 Å². The van der Waals surface area contributed by atoms with Crippen LogP contribution in [0.5, 0.6) is 0 Å². The number of likely N-dealkylation sites (N-methyl/N-ethyl adjacent to an activating group) is 1. The summed E-state index contributed by atoms with van der Waals surface area (Å²) in [5.41, 5.74) is -3.64. The van der Waals surface area contributed by atoms with E-state index in [0.29, 0.717) is 6.42 Å². The summed E-state index contributed by atoms with van der Waals surface area (Å²) in [5.74, 6) is -4.25. The number of carbonyl (C=O) groups is 1. The largest absolute Gasteiger partial charge is 0.459 e. The summed E-state index contributed by atoms with van der Waals surface area (Å²) in [4.78, 5) is 27.2. The van der Waals surface area contributed by atoms with Crippen molar-refractivity contribution in [1.29, 1.82) is 0 Å². The molecule has 240 valence electrons. The number of hydrogen-bond acceptors (Lipinski definition) is 12. The maximum absolute atomic E-state index is 13.2. The lowest BCUT2D eigenvalue weighted by Gasteiger charge is -2.47. The first kappa shape index (κ1) is 35.9. The van der Waals surface area contributed by atoms with Crippen LogP contribution in [-0.4, -0.2) is 117 Å². The fourth-order valence-electron chi connectivity index (χ4n) is 6.79. The molecule has 2 fully saturated rings. The lowest BCUT2D eigenvalue weighted by Crippen LogP contribution is -2.60. The third-order valence-electron chi connectivity index (χ3n) is 9.43. The smallest absolute Gasteiger partial charge is 0.311 e. The third-order valence-corrected chi connectivity index (χ3v) is 9.43. The van der Waals surface area contributed by atoms with Gasteiger partial charge in [0.05, 0.1) is 42.0 Å². The Balaban J connectivity index is 2.58. The minimum absolute atomic E-state index is 0.0458. The van der Waals surface area contributed by atoms with Crippen LogP contribution >= 0.6 is 0 Å². The summed E-state index contributed by atoms with van der Waals surface area (Å²) in [5, 5.41) is 60.1. The Bertz CT molecular complexity index is 871. The average molecular weight is 591 g/mol. The van der Waals surface area contributed by atoms with E-state index in [1.54, 1.807) is 27.7 Å². The first-order valence-electron chi connectivity index (χ1n) is 14.8. The van der Waals surface area contributed by atoms with Gasteiger partial charge >= 0.3 is 5.97 Å². The highest BCUT2D eigenvalue weighted by atomic mass is 16.7. The lowest BCUT2D eigenvalue weighted by atomic mass is 9.72. The molecule has 2 aliphatic heterocycles. The Morgan fingerprint density at radius 1 is 1.02 bits per heavy atom. The maximum atomic E-state index is 13.2. The molecule has 0 amide bonds. The quantitative estimate of drug-likeness (QED) is 0.231. The van der Waals surface area contributed by atoms with Crippen molar-refractivity contribution in [3.05, 3.63) is 4.91 Å². The molecule has 12 nitrogen and oxygen atoms in total. The van der Waals surface area contributed by atoms with Gasteiger partial charge in [0.2, 0.25) is 0 Å². The number of ether oxygens (including phenoxy) is 3.